The number of anilines is 1. The molecule has 5 nitrogen and oxygen atoms in total. The number of hydrogen-bond donors (Lipinski definition) is 1. The van der Waals surface area contributed by atoms with Crippen molar-refractivity contribution in [3.8, 4) is 11.5 Å². The number of rotatable bonds is 2. The van der Waals surface area contributed by atoms with E-state index in [9.17, 15) is 4.79 Å². The smallest absolute Gasteiger partial charge is 0.257 e. The van der Waals surface area contributed by atoms with Gasteiger partial charge in [0.1, 0.15) is 0 Å². The lowest BCUT2D eigenvalue weighted by atomic mass is 10.2. The molecule has 1 aliphatic heterocycles. The lowest BCUT2D eigenvalue weighted by Gasteiger charge is -2.08. The number of amides is 1. The quantitative estimate of drug-likeness (QED) is 0.923. The van der Waals surface area contributed by atoms with Gasteiger partial charge in [-0.2, -0.15) is 0 Å². The fraction of sp³-hybridized carbons (Fsp3) is 0.143. The Balaban J connectivity index is 1.84. The molecule has 0 aliphatic carbocycles. The zero-order valence-electron chi connectivity index (χ0n) is 10.6. The Hall–Kier alpha value is -2.27. The van der Waals surface area contributed by atoms with Crippen molar-refractivity contribution >= 4 is 23.2 Å². The van der Waals surface area contributed by atoms with Gasteiger partial charge in [-0.1, -0.05) is 11.6 Å². The minimum absolute atomic E-state index is 0.158. The van der Waals surface area contributed by atoms with Gasteiger partial charge in [0.25, 0.3) is 5.91 Å². The predicted octanol–water partition coefficient (Wildman–Crippen LogP) is 3.02. The second kappa shape index (κ2) is 5.02. The molecule has 1 aromatic carbocycles. The van der Waals surface area contributed by atoms with E-state index >= 15 is 0 Å². The van der Waals surface area contributed by atoms with Crippen molar-refractivity contribution in [2.24, 2.45) is 0 Å². The van der Waals surface area contributed by atoms with E-state index in [2.05, 4.69) is 10.3 Å². The third kappa shape index (κ3) is 2.40. The highest BCUT2D eigenvalue weighted by Gasteiger charge is 2.18. The first-order valence-electron chi connectivity index (χ1n) is 5.96. The summed E-state index contributed by atoms with van der Waals surface area (Å²) in [4.78, 5) is 16.2. The molecule has 0 bridgehead atoms. The first-order chi connectivity index (χ1) is 9.63. The Bertz CT molecular complexity index is 671. The van der Waals surface area contributed by atoms with Gasteiger partial charge in [0.15, 0.2) is 11.5 Å². The second-order valence-corrected chi connectivity index (χ2v) is 4.73. The summed E-state index contributed by atoms with van der Waals surface area (Å²) in [5.74, 6) is 0.856. The predicted molar refractivity (Wildman–Crippen MR) is 74.5 cm³/mol. The maximum Gasteiger partial charge on any atom is 0.257 e. The van der Waals surface area contributed by atoms with E-state index in [0.29, 0.717) is 27.8 Å². The fourth-order valence-electron chi connectivity index (χ4n) is 1.81. The van der Waals surface area contributed by atoms with E-state index in [-0.39, 0.29) is 12.7 Å². The van der Waals surface area contributed by atoms with Crippen LogP contribution >= 0.6 is 11.6 Å². The third-order valence-corrected chi connectivity index (χ3v) is 3.20. The summed E-state index contributed by atoms with van der Waals surface area (Å²) in [5, 5.41) is 3.12. The van der Waals surface area contributed by atoms with Crippen LogP contribution in [-0.2, 0) is 0 Å². The molecule has 0 saturated heterocycles. The Morgan fingerprint density at radius 2 is 2.05 bits per heavy atom. The molecule has 102 valence electrons. The monoisotopic (exact) mass is 290 g/mol. The van der Waals surface area contributed by atoms with Gasteiger partial charge in [0.2, 0.25) is 6.79 Å². The van der Waals surface area contributed by atoms with E-state index < -0.39 is 0 Å². The minimum Gasteiger partial charge on any atom is -0.454 e. The number of carbonyl (C=O) groups excluding carboxylic acids is 1. The van der Waals surface area contributed by atoms with Gasteiger partial charge in [-0.25, -0.2) is 0 Å². The number of carbonyl (C=O) groups is 1. The summed E-state index contributed by atoms with van der Waals surface area (Å²) in [7, 11) is 0. The average molecular weight is 291 g/mol. The molecule has 6 heteroatoms. The molecule has 3 rings (SSSR count). The first kappa shape index (κ1) is 12.7. The van der Waals surface area contributed by atoms with Gasteiger partial charge in [0.05, 0.1) is 16.3 Å². The van der Waals surface area contributed by atoms with Crippen LogP contribution in [0.2, 0.25) is 5.02 Å². The summed E-state index contributed by atoms with van der Waals surface area (Å²) in [5.41, 5.74) is 1.79. The molecule has 1 amide bonds. The maximum atomic E-state index is 12.1. The Morgan fingerprint density at radius 3 is 2.75 bits per heavy atom. The number of fused-ring (bicyclic) bond motifs is 1. The number of nitrogens with zero attached hydrogens (tertiary/aromatic N) is 1. The molecule has 1 aromatic heterocycles. The minimum atomic E-state index is -0.279. The highest BCUT2D eigenvalue weighted by atomic mass is 35.5. The van der Waals surface area contributed by atoms with Crippen LogP contribution in [0.4, 0.5) is 5.69 Å². The van der Waals surface area contributed by atoms with E-state index in [1.165, 1.54) is 6.20 Å². The summed E-state index contributed by atoms with van der Waals surface area (Å²) in [6, 6.07) is 6.74. The van der Waals surface area contributed by atoms with Crippen molar-refractivity contribution in [2.45, 2.75) is 6.92 Å². The van der Waals surface area contributed by atoms with Crippen LogP contribution in [0, 0.1) is 6.92 Å². The van der Waals surface area contributed by atoms with Gasteiger partial charge in [-0.15, -0.1) is 0 Å². The SMILES string of the molecule is Cc1ccc(C(=O)Nc2cc3c(cc2Cl)OCO3)cn1. The molecule has 0 atom stereocenters. The normalized spacial score (nSPS) is 12.3. The van der Waals surface area contributed by atoms with Crippen LogP contribution in [0.25, 0.3) is 0 Å². The Labute approximate surface area is 120 Å². The molecule has 20 heavy (non-hydrogen) atoms. The zero-order valence-corrected chi connectivity index (χ0v) is 11.4. The number of halogens is 1. The second-order valence-electron chi connectivity index (χ2n) is 4.33. The summed E-state index contributed by atoms with van der Waals surface area (Å²) in [6.45, 7) is 2.02. The molecule has 0 saturated carbocycles. The third-order valence-electron chi connectivity index (χ3n) is 2.88. The Morgan fingerprint density at radius 1 is 1.30 bits per heavy atom. The fourth-order valence-corrected chi connectivity index (χ4v) is 2.01. The molecule has 0 unspecified atom stereocenters. The van der Waals surface area contributed by atoms with Crippen LogP contribution in [-0.4, -0.2) is 17.7 Å². The molecular formula is C14H11ClN2O3. The Kier molecular flexibility index (Phi) is 3.20. The molecule has 1 N–H and O–H groups in total. The van der Waals surface area contributed by atoms with Crippen LogP contribution in [0.15, 0.2) is 30.5 Å². The molecule has 2 aromatic rings. The number of ether oxygens (including phenoxy) is 2. The number of nitrogens with one attached hydrogen (secondary N) is 1. The molecule has 1 aliphatic rings. The van der Waals surface area contributed by atoms with Crippen LogP contribution in [0.3, 0.4) is 0 Å². The first-order valence-corrected chi connectivity index (χ1v) is 6.34. The van der Waals surface area contributed by atoms with Crippen molar-refractivity contribution in [1.82, 2.24) is 4.98 Å². The van der Waals surface area contributed by atoms with Crippen molar-refractivity contribution < 1.29 is 14.3 Å². The summed E-state index contributed by atoms with van der Waals surface area (Å²) in [6.07, 6.45) is 1.52. The van der Waals surface area contributed by atoms with Gasteiger partial charge in [0, 0.05) is 24.0 Å². The largest absolute Gasteiger partial charge is 0.454 e. The molecule has 0 fully saturated rings. The van der Waals surface area contributed by atoms with Crippen LogP contribution < -0.4 is 14.8 Å². The lowest BCUT2D eigenvalue weighted by Crippen LogP contribution is -2.12. The summed E-state index contributed by atoms with van der Waals surface area (Å²) >= 11 is 6.10. The highest BCUT2D eigenvalue weighted by Crippen LogP contribution is 2.39. The molecule has 0 spiro atoms. The number of pyridine rings is 1. The van der Waals surface area contributed by atoms with E-state index in [1.54, 1.807) is 24.3 Å². The standard InChI is InChI=1S/C14H11ClN2O3/c1-8-2-3-9(6-16-8)14(18)17-11-5-13-12(4-10(11)15)19-7-20-13/h2-6H,7H2,1H3,(H,17,18). The van der Waals surface area contributed by atoms with E-state index in [4.69, 9.17) is 21.1 Å². The van der Waals surface area contributed by atoms with Crippen molar-refractivity contribution in [1.29, 1.82) is 0 Å². The number of benzene rings is 1. The van der Waals surface area contributed by atoms with Crippen LogP contribution in [0.5, 0.6) is 11.5 Å². The maximum absolute atomic E-state index is 12.1. The van der Waals surface area contributed by atoms with Crippen LogP contribution in [0.1, 0.15) is 16.1 Å². The zero-order chi connectivity index (χ0) is 14.1. The molecular weight excluding hydrogens is 280 g/mol. The lowest BCUT2D eigenvalue weighted by molar-refractivity contribution is 0.102. The van der Waals surface area contributed by atoms with Crippen molar-refractivity contribution in [3.05, 3.63) is 46.7 Å². The molecule has 0 radical (unpaired) electrons. The van der Waals surface area contributed by atoms with Crippen molar-refractivity contribution in [2.75, 3.05) is 12.1 Å². The molecule has 2 heterocycles. The topological polar surface area (TPSA) is 60.5 Å². The van der Waals surface area contributed by atoms with Gasteiger partial charge >= 0.3 is 0 Å². The van der Waals surface area contributed by atoms with Crippen molar-refractivity contribution in [3.63, 3.8) is 0 Å². The summed E-state index contributed by atoms with van der Waals surface area (Å²) < 4.78 is 10.5. The highest BCUT2D eigenvalue weighted by molar-refractivity contribution is 6.34. The average Bonchev–Trinajstić information content (AvgIpc) is 2.87. The van der Waals surface area contributed by atoms with Gasteiger partial charge in [-0.3, -0.25) is 9.78 Å². The van der Waals surface area contributed by atoms with Gasteiger partial charge in [-0.05, 0) is 19.1 Å². The van der Waals surface area contributed by atoms with E-state index in [1.807, 2.05) is 6.92 Å². The number of aromatic nitrogens is 1. The number of aryl methyl sites for hydroxylation is 1. The van der Waals surface area contributed by atoms with Gasteiger partial charge < -0.3 is 14.8 Å². The van der Waals surface area contributed by atoms with E-state index in [0.717, 1.165) is 5.69 Å². The number of hydrogen-bond acceptors (Lipinski definition) is 4.